The average Bonchev–Trinajstić information content (AvgIpc) is 2.57. The molecule has 6 heteroatoms. The van der Waals surface area contributed by atoms with Crippen LogP contribution in [0.25, 0.3) is 0 Å². The molecular weight excluding hydrogens is 316 g/mol. The van der Waals surface area contributed by atoms with E-state index in [1.54, 1.807) is 31.5 Å². The van der Waals surface area contributed by atoms with Gasteiger partial charge in [0.25, 0.3) is 5.91 Å². The smallest absolute Gasteiger partial charge is 0.256 e. The molecule has 2 rings (SSSR count). The molecule has 0 saturated carbocycles. The van der Waals surface area contributed by atoms with Crippen molar-refractivity contribution >= 4 is 17.5 Å². The van der Waals surface area contributed by atoms with Gasteiger partial charge in [-0.15, -0.1) is 0 Å². The maximum Gasteiger partial charge on any atom is 0.256 e. The first-order valence-electron chi connectivity index (χ1n) is 7.30. The van der Waals surface area contributed by atoms with Gasteiger partial charge in [-0.2, -0.15) is 0 Å². The minimum atomic E-state index is -0.333. The number of aromatic nitrogens is 1. The van der Waals surface area contributed by atoms with Gasteiger partial charge in [0.1, 0.15) is 11.7 Å². The van der Waals surface area contributed by atoms with Gasteiger partial charge in [0.15, 0.2) is 0 Å². The highest BCUT2D eigenvalue weighted by Gasteiger charge is 2.18. The molecule has 5 nitrogen and oxygen atoms in total. The van der Waals surface area contributed by atoms with Crippen LogP contribution in [0.3, 0.4) is 0 Å². The topological polar surface area (TPSA) is 60.5 Å². The van der Waals surface area contributed by atoms with Gasteiger partial charge in [0.05, 0.1) is 6.61 Å². The molecule has 0 radical (unpaired) electrons. The van der Waals surface area contributed by atoms with Crippen LogP contribution in [-0.2, 0) is 4.74 Å². The molecule has 2 aromatic rings. The number of hydrogen-bond acceptors (Lipinski definition) is 4. The number of rotatable bonds is 7. The Labute approximate surface area is 140 Å². The molecule has 1 atom stereocenters. The van der Waals surface area contributed by atoms with Crippen LogP contribution in [-0.4, -0.2) is 31.2 Å². The third-order valence-corrected chi connectivity index (χ3v) is 3.63. The highest BCUT2D eigenvalue weighted by Crippen LogP contribution is 2.24. The van der Waals surface area contributed by atoms with Crippen LogP contribution in [0.5, 0.6) is 5.88 Å². The second-order valence-corrected chi connectivity index (χ2v) is 5.15. The van der Waals surface area contributed by atoms with E-state index >= 15 is 0 Å². The molecule has 1 amide bonds. The Balaban J connectivity index is 2.07. The maximum absolute atomic E-state index is 12.4. The summed E-state index contributed by atoms with van der Waals surface area (Å²) in [5.74, 6) is 0.0508. The van der Waals surface area contributed by atoms with Crippen LogP contribution in [0.4, 0.5) is 0 Å². The van der Waals surface area contributed by atoms with Crippen LogP contribution < -0.4 is 10.1 Å². The zero-order valence-corrected chi connectivity index (χ0v) is 13.8. The lowest BCUT2D eigenvalue weighted by Crippen LogP contribution is -2.29. The molecule has 1 aromatic heterocycles. The quantitative estimate of drug-likeness (QED) is 0.844. The Kier molecular flexibility index (Phi) is 6.38. The van der Waals surface area contributed by atoms with E-state index < -0.39 is 0 Å². The second-order valence-electron chi connectivity index (χ2n) is 4.75. The van der Waals surface area contributed by atoms with Crippen molar-refractivity contribution in [3.63, 3.8) is 0 Å². The fourth-order valence-corrected chi connectivity index (χ4v) is 2.41. The van der Waals surface area contributed by atoms with Gasteiger partial charge in [0.2, 0.25) is 5.88 Å². The maximum atomic E-state index is 12.4. The third kappa shape index (κ3) is 4.43. The summed E-state index contributed by atoms with van der Waals surface area (Å²) in [5.41, 5.74) is 1.22. The molecule has 23 heavy (non-hydrogen) atoms. The molecule has 1 aromatic carbocycles. The lowest BCUT2D eigenvalue weighted by molar-refractivity contribution is 0.0824. The number of nitrogens with zero attached hydrogens (tertiary/aromatic N) is 1. The fourth-order valence-electron chi connectivity index (χ4n) is 2.15. The standard InChI is InChI=1S/C17H19ClN2O3/c1-3-23-17-13(8-6-10-19-17)16(21)20-11-15(22-2)12-7-4-5-9-14(12)18/h4-10,15H,3,11H2,1-2H3,(H,20,21). The Morgan fingerprint density at radius 1 is 1.30 bits per heavy atom. The fraction of sp³-hybridized carbons (Fsp3) is 0.294. The van der Waals surface area contributed by atoms with Crippen molar-refractivity contribution in [1.29, 1.82) is 0 Å². The van der Waals surface area contributed by atoms with Crippen LogP contribution in [0.1, 0.15) is 28.9 Å². The van der Waals surface area contributed by atoms with Crippen LogP contribution in [0.15, 0.2) is 42.6 Å². The first-order valence-corrected chi connectivity index (χ1v) is 7.68. The Morgan fingerprint density at radius 2 is 2.09 bits per heavy atom. The van der Waals surface area contributed by atoms with Crippen molar-refractivity contribution in [2.24, 2.45) is 0 Å². The van der Waals surface area contributed by atoms with E-state index in [1.807, 2.05) is 25.1 Å². The summed E-state index contributed by atoms with van der Waals surface area (Å²) in [6.45, 7) is 2.58. The van der Waals surface area contributed by atoms with Gasteiger partial charge in [0, 0.05) is 30.4 Å². The lowest BCUT2D eigenvalue weighted by Gasteiger charge is -2.18. The van der Waals surface area contributed by atoms with Gasteiger partial charge in [-0.25, -0.2) is 4.98 Å². The zero-order chi connectivity index (χ0) is 16.7. The van der Waals surface area contributed by atoms with E-state index in [1.165, 1.54) is 0 Å². The lowest BCUT2D eigenvalue weighted by atomic mass is 10.1. The largest absolute Gasteiger partial charge is 0.477 e. The molecular formula is C17H19ClN2O3. The molecule has 0 saturated heterocycles. The summed E-state index contributed by atoms with van der Waals surface area (Å²) < 4.78 is 10.8. The van der Waals surface area contributed by atoms with E-state index in [4.69, 9.17) is 21.1 Å². The summed E-state index contributed by atoms with van der Waals surface area (Å²) in [5, 5.41) is 3.43. The Morgan fingerprint density at radius 3 is 2.78 bits per heavy atom. The number of nitrogens with one attached hydrogen (secondary N) is 1. The van der Waals surface area contributed by atoms with Crippen molar-refractivity contribution in [3.8, 4) is 5.88 Å². The average molecular weight is 335 g/mol. The van der Waals surface area contributed by atoms with Crippen LogP contribution in [0, 0.1) is 0 Å². The number of ether oxygens (including phenoxy) is 2. The minimum absolute atomic E-state index is 0.268. The van der Waals surface area contributed by atoms with Crippen molar-refractivity contribution in [1.82, 2.24) is 10.3 Å². The van der Waals surface area contributed by atoms with Crippen LogP contribution >= 0.6 is 11.6 Å². The zero-order valence-electron chi connectivity index (χ0n) is 13.1. The molecule has 1 unspecified atom stereocenters. The molecule has 0 aliphatic carbocycles. The van der Waals surface area contributed by atoms with Crippen LogP contribution in [0.2, 0.25) is 5.02 Å². The number of carbonyl (C=O) groups is 1. The molecule has 0 fully saturated rings. The minimum Gasteiger partial charge on any atom is -0.477 e. The predicted molar refractivity (Wildman–Crippen MR) is 88.9 cm³/mol. The number of carbonyl (C=O) groups excluding carboxylic acids is 1. The molecule has 0 spiro atoms. The SMILES string of the molecule is CCOc1ncccc1C(=O)NCC(OC)c1ccccc1Cl. The Bertz CT molecular complexity index is 664. The Hall–Kier alpha value is -2.11. The molecule has 0 bridgehead atoms. The third-order valence-electron chi connectivity index (χ3n) is 3.28. The summed E-state index contributed by atoms with van der Waals surface area (Å²) in [6.07, 6.45) is 1.25. The number of halogens is 1. The van der Waals surface area contributed by atoms with Gasteiger partial charge in [-0.05, 0) is 25.1 Å². The van der Waals surface area contributed by atoms with Crippen molar-refractivity contribution in [3.05, 3.63) is 58.7 Å². The number of pyridine rings is 1. The van der Waals surface area contributed by atoms with Gasteiger partial charge in [-0.3, -0.25) is 4.79 Å². The van der Waals surface area contributed by atoms with E-state index in [9.17, 15) is 4.79 Å². The molecule has 0 aliphatic rings. The van der Waals surface area contributed by atoms with E-state index in [-0.39, 0.29) is 12.0 Å². The van der Waals surface area contributed by atoms with Crippen molar-refractivity contribution < 1.29 is 14.3 Å². The predicted octanol–water partition coefficient (Wildman–Crippen LogP) is 3.25. The van der Waals surface area contributed by atoms with E-state index in [2.05, 4.69) is 10.3 Å². The van der Waals surface area contributed by atoms with Crippen molar-refractivity contribution in [2.45, 2.75) is 13.0 Å². The normalized spacial score (nSPS) is 11.8. The highest BCUT2D eigenvalue weighted by molar-refractivity contribution is 6.31. The summed E-state index contributed by atoms with van der Waals surface area (Å²) >= 11 is 6.17. The first-order chi connectivity index (χ1) is 11.2. The second kappa shape index (κ2) is 8.50. The highest BCUT2D eigenvalue weighted by atomic mass is 35.5. The van der Waals surface area contributed by atoms with E-state index in [0.717, 1.165) is 5.56 Å². The number of amides is 1. The number of methoxy groups -OCH3 is 1. The first kappa shape index (κ1) is 17.2. The number of hydrogen-bond donors (Lipinski definition) is 1. The molecule has 0 aliphatic heterocycles. The number of benzene rings is 1. The summed E-state index contributed by atoms with van der Waals surface area (Å²) in [6, 6.07) is 10.8. The van der Waals surface area contributed by atoms with Gasteiger partial charge >= 0.3 is 0 Å². The molecule has 122 valence electrons. The van der Waals surface area contributed by atoms with Gasteiger partial charge in [-0.1, -0.05) is 29.8 Å². The monoisotopic (exact) mass is 334 g/mol. The van der Waals surface area contributed by atoms with Crippen molar-refractivity contribution in [2.75, 3.05) is 20.3 Å². The summed E-state index contributed by atoms with van der Waals surface area (Å²) in [4.78, 5) is 16.4. The van der Waals surface area contributed by atoms with Gasteiger partial charge < -0.3 is 14.8 Å². The molecule has 1 N–H and O–H groups in total. The van der Waals surface area contributed by atoms with E-state index in [0.29, 0.717) is 29.6 Å². The summed E-state index contributed by atoms with van der Waals surface area (Å²) in [7, 11) is 1.58. The molecule has 1 heterocycles.